The van der Waals surface area contributed by atoms with Crippen LogP contribution in [0.5, 0.6) is 0 Å². The molecule has 1 saturated carbocycles. The van der Waals surface area contributed by atoms with E-state index in [9.17, 15) is 4.79 Å². The number of amides is 1. The Morgan fingerprint density at radius 2 is 1.78 bits per heavy atom. The van der Waals surface area contributed by atoms with Gasteiger partial charge in [-0.05, 0) is 30.1 Å². The van der Waals surface area contributed by atoms with Crippen LogP contribution in [0.1, 0.15) is 60.3 Å². The van der Waals surface area contributed by atoms with Gasteiger partial charge in [-0.3, -0.25) is 4.79 Å². The van der Waals surface area contributed by atoms with Gasteiger partial charge in [-0.2, -0.15) is 0 Å². The highest BCUT2D eigenvalue weighted by molar-refractivity contribution is 5.82. The summed E-state index contributed by atoms with van der Waals surface area (Å²) in [7, 11) is 0. The first-order valence-corrected chi connectivity index (χ1v) is 7.29. The molecule has 3 heteroatoms. The second-order valence-corrected chi connectivity index (χ2v) is 7.14. The van der Waals surface area contributed by atoms with E-state index in [1.165, 1.54) is 19.3 Å². The second kappa shape index (κ2) is 6.05. The average molecular weight is 254 g/mol. The summed E-state index contributed by atoms with van der Waals surface area (Å²) in [6.45, 7) is 10.8. The van der Waals surface area contributed by atoms with Gasteiger partial charge in [0.15, 0.2) is 0 Å². The molecule has 0 aromatic heterocycles. The van der Waals surface area contributed by atoms with E-state index in [1.807, 2.05) is 13.8 Å². The minimum Gasteiger partial charge on any atom is -0.352 e. The maximum atomic E-state index is 12.1. The maximum absolute atomic E-state index is 12.1. The summed E-state index contributed by atoms with van der Waals surface area (Å²) < 4.78 is 0. The second-order valence-electron chi connectivity index (χ2n) is 7.14. The normalized spacial score (nSPS) is 27.1. The lowest BCUT2D eigenvalue weighted by molar-refractivity contribution is -0.125. The van der Waals surface area contributed by atoms with Crippen LogP contribution in [-0.2, 0) is 4.79 Å². The van der Waals surface area contributed by atoms with E-state index in [0.29, 0.717) is 12.0 Å². The zero-order valence-corrected chi connectivity index (χ0v) is 12.6. The monoisotopic (exact) mass is 254 g/mol. The van der Waals surface area contributed by atoms with Crippen LogP contribution in [0.15, 0.2) is 0 Å². The van der Waals surface area contributed by atoms with Crippen molar-refractivity contribution in [3.63, 3.8) is 0 Å². The molecule has 1 fully saturated rings. The molecule has 1 aliphatic carbocycles. The van der Waals surface area contributed by atoms with Gasteiger partial charge in [-0.25, -0.2) is 0 Å². The van der Waals surface area contributed by atoms with Crippen molar-refractivity contribution in [1.82, 2.24) is 5.32 Å². The van der Waals surface area contributed by atoms with Crippen molar-refractivity contribution < 1.29 is 4.79 Å². The van der Waals surface area contributed by atoms with E-state index in [1.54, 1.807) is 0 Å². The predicted molar refractivity (Wildman–Crippen MR) is 76.2 cm³/mol. The molecule has 0 aliphatic heterocycles. The molecule has 1 rings (SSSR count). The minimum absolute atomic E-state index is 0.0196. The quantitative estimate of drug-likeness (QED) is 0.813. The molecule has 3 atom stereocenters. The van der Waals surface area contributed by atoms with E-state index in [4.69, 9.17) is 5.73 Å². The zero-order chi connectivity index (χ0) is 13.9. The van der Waals surface area contributed by atoms with Crippen LogP contribution < -0.4 is 11.1 Å². The van der Waals surface area contributed by atoms with Gasteiger partial charge < -0.3 is 11.1 Å². The molecule has 3 unspecified atom stereocenters. The molecule has 0 heterocycles. The number of carbonyl (C=O) groups excluding carboxylic acids is 1. The smallest absolute Gasteiger partial charge is 0.237 e. The molecule has 0 bridgehead atoms. The van der Waals surface area contributed by atoms with Crippen molar-refractivity contribution in [1.29, 1.82) is 0 Å². The fourth-order valence-corrected chi connectivity index (χ4v) is 2.92. The lowest BCUT2D eigenvalue weighted by Gasteiger charge is -2.41. The summed E-state index contributed by atoms with van der Waals surface area (Å²) in [6, 6.07) is -0.0800. The molecule has 3 nitrogen and oxygen atoms in total. The molecule has 1 amide bonds. The third kappa shape index (κ3) is 3.98. The van der Waals surface area contributed by atoms with E-state index in [0.717, 1.165) is 6.42 Å². The maximum Gasteiger partial charge on any atom is 0.237 e. The van der Waals surface area contributed by atoms with Crippen LogP contribution in [0, 0.1) is 17.3 Å². The average Bonchev–Trinajstić information content (AvgIpc) is 2.27. The molecule has 3 N–H and O–H groups in total. The molecule has 106 valence electrons. The Labute approximate surface area is 112 Å². The Morgan fingerprint density at radius 3 is 2.28 bits per heavy atom. The van der Waals surface area contributed by atoms with Crippen molar-refractivity contribution in [2.24, 2.45) is 23.0 Å². The summed E-state index contributed by atoms with van der Waals surface area (Å²) in [5.41, 5.74) is 6.17. The number of rotatable bonds is 3. The molecule has 0 spiro atoms. The Morgan fingerprint density at radius 1 is 1.22 bits per heavy atom. The summed E-state index contributed by atoms with van der Waals surface area (Å²) in [6.07, 6.45) is 4.81. The van der Waals surface area contributed by atoms with Gasteiger partial charge in [0.1, 0.15) is 0 Å². The van der Waals surface area contributed by atoms with Gasteiger partial charge in [-0.1, -0.05) is 47.5 Å². The Kier molecular flexibility index (Phi) is 5.20. The summed E-state index contributed by atoms with van der Waals surface area (Å²) in [4.78, 5) is 12.1. The van der Waals surface area contributed by atoms with Crippen LogP contribution in [-0.4, -0.2) is 18.0 Å². The number of carbonyl (C=O) groups is 1. The third-order valence-corrected chi connectivity index (χ3v) is 4.23. The molecular weight excluding hydrogens is 224 g/mol. The minimum atomic E-state index is -0.382. The molecule has 0 aromatic carbocycles. The van der Waals surface area contributed by atoms with Crippen LogP contribution in [0.4, 0.5) is 0 Å². The number of hydrogen-bond donors (Lipinski definition) is 2. The molecule has 18 heavy (non-hydrogen) atoms. The third-order valence-electron chi connectivity index (χ3n) is 4.23. The SMILES string of the molecule is CC(C)C(N)C(=O)NC1CCCCC1C(C)(C)C. The summed E-state index contributed by atoms with van der Waals surface area (Å²) in [5, 5.41) is 3.19. The van der Waals surface area contributed by atoms with E-state index in [-0.39, 0.29) is 23.3 Å². The number of hydrogen-bond acceptors (Lipinski definition) is 2. The van der Waals surface area contributed by atoms with Gasteiger partial charge >= 0.3 is 0 Å². The highest BCUT2D eigenvalue weighted by Crippen LogP contribution is 2.38. The largest absolute Gasteiger partial charge is 0.352 e. The highest BCUT2D eigenvalue weighted by atomic mass is 16.2. The topological polar surface area (TPSA) is 55.1 Å². The van der Waals surface area contributed by atoms with Crippen molar-refractivity contribution >= 4 is 5.91 Å². The Balaban J connectivity index is 2.65. The van der Waals surface area contributed by atoms with Gasteiger partial charge in [0.2, 0.25) is 5.91 Å². The zero-order valence-electron chi connectivity index (χ0n) is 12.6. The molecule has 0 aromatic rings. The summed E-state index contributed by atoms with van der Waals surface area (Å²) >= 11 is 0. The summed E-state index contributed by atoms with van der Waals surface area (Å²) in [5.74, 6) is 0.780. The lowest BCUT2D eigenvalue weighted by Crippen LogP contribution is -2.52. The van der Waals surface area contributed by atoms with Gasteiger partial charge in [0, 0.05) is 6.04 Å². The van der Waals surface area contributed by atoms with Crippen LogP contribution in [0.3, 0.4) is 0 Å². The number of nitrogens with one attached hydrogen (secondary N) is 1. The lowest BCUT2D eigenvalue weighted by atomic mass is 9.69. The van der Waals surface area contributed by atoms with E-state index in [2.05, 4.69) is 26.1 Å². The molecule has 1 aliphatic rings. The van der Waals surface area contributed by atoms with Crippen LogP contribution in [0.2, 0.25) is 0 Å². The van der Waals surface area contributed by atoms with Gasteiger partial charge in [0.25, 0.3) is 0 Å². The van der Waals surface area contributed by atoms with E-state index < -0.39 is 0 Å². The van der Waals surface area contributed by atoms with Crippen molar-refractivity contribution in [2.45, 2.75) is 72.4 Å². The van der Waals surface area contributed by atoms with Crippen LogP contribution in [0.25, 0.3) is 0 Å². The Bertz CT molecular complexity index is 281. The van der Waals surface area contributed by atoms with Crippen molar-refractivity contribution in [3.05, 3.63) is 0 Å². The highest BCUT2D eigenvalue weighted by Gasteiger charge is 2.35. The predicted octanol–water partition coefficient (Wildman–Crippen LogP) is 2.69. The fraction of sp³-hybridized carbons (Fsp3) is 0.933. The fourth-order valence-electron chi connectivity index (χ4n) is 2.92. The van der Waals surface area contributed by atoms with Crippen molar-refractivity contribution in [3.8, 4) is 0 Å². The van der Waals surface area contributed by atoms with Gasteiger partial charge in [-0.15, -0.1) is 0 Å². The van der Waals surface area contributed by atoms with Crippen molar-refractivity contribution in [2.75, 3.05) is 0 Å². The van der Waals surface area contributed by atoms with Gasteiger partial charge in [0.05, 0.1) is 6.04 Å². The molecule has 0 radical (unpaired) electrons. The molecule has 0 saturated heterocycles. The van der Waals surface area contributed by atoms with E-state index >= 15 is 0 Å². The first kappa shape index (κ1) is 15.5. The first-order chi connectivity index (χ1) is 8.23. The number of nitrogens with two attached hydrogens (primary N) is 1. The standard InChI is InChI=1S/C15H30N2O/c1-10(2)13(16)14(18)17-12-9-7-6-8-11(12)15(3,4)5/h10-13H,6-9,16H2,1-5H3,(H,17,18). The Hall–Kier alpha value is -0.570. The molecular formula is C15H30N2O. The first-order valence-electron chi connectivity index (χ1n) is 7.29. The van der Waals surface area contributed by atoms with Crippen LogP contribution >= 0.6 is 0 Å².